The van der Waals surface area contributed by atoms with Gasteiger partial charge in [-0.25, -0.2) is 4.79 Å². The first-order valence-corrected chi connectivity index (χ1v) is 17.6. The van der Waals surface area contributed by atoms with E-state index in [1.807, 2.05) is 30.4 Å². The van der Waals surface area contributed by atoms with Gasteiger partial charge in [0.05, 0.1) is 5.56 Å². The molecule has 0 radical (unpaired) electrons. The third-order valence-electron chi connectivity index (χ3n) is 7.65. The van der Waals surface area contributed by atoms with Gasteiger partial charge < -0.3 is 14.8 Å². The van der Waals surface area contributed by atoms with Crippen molar-refractivity contribution in [2.75, 3.05) is 26.3 Å². The van der Waals surface area contributed by atoms with Crippen molar-refractivity contribution in [3.63, 3.8) is 0 Å². The minimum Gasteiger partial charge on any atom is -0.461 e. The largest absolute Gasteiger partial charge is 0.461 e. The van der Waals surface area contributed by atoms with Gasteiger partial charge in [-0.3, -0.25) is 4.79 Å². The van der Waals surface area contributed by atoms with Crippen LogP contribution in [0, 0.1) is 0 Å². The predicted molar refractivity (Wildman–Crippen MR) is 182 cm³/mol. The SMILES string of the molecule is CCCCCC/C=C\COC(=O)CCCCCCCNCCCCCc1cccc(C(=O)OC/C=C\CCCCCC)c1. The van der Waals surface area contributed by atoms with E-state index in [9.17, 15) is 9.59 Å². The number of esters is 2. The van der Waals surface area contributed by atoms with Crippen molar-refractivity contribution in [3.8, 4) is 0 Å². The maximum absolute atomic E-state index is 12.4. The number of hydrogen-bond donors (Lipinski definition) is 1. The number of carbonyl (C=O) groups is 2. The molecule has 0 aliphatic rings. The molecule has 0 heterocycles. The Hall–Kier alpha value is -2.40. The van der Waals surface area contributed by atoms with Gasteiger partial charge in [-0.2, -0.15) is 0 Å². The molecule has 1 N–H and O–H groups in total. The predicted octanol–water partition coefficient (Wildman–Crippen LogP) is 10.1. The lowest BCUT2D eigenvalue weighted by Gasteiger charge is -2.07. The number of benzene rings is 1. The van der Waals surface area contributed by atoms with Crippen molar-refractivity contribution in [2.45, 2.75) is 142 Å². The van der Waals surface area contributed by atoms with E-state index in [1.165, 1.54) is 89.0 Å². The molecule has 0 saturated carbocycles. The van der Waals surface area contributed by atoms with Crippen LogP contribution >= 0.6 is 0 Å². The molecule has 5 nitrogen and oxygen atoms in total. The van der Waals surface area contributed by atoms with E-state index in [4.69, 9.17) is 9.47 Å². The quantitative estimate of drug-likeness (QED) is 0.0565. The molecule has 0 aliphatic carbocycles. The zero-order valence-electron chi connectivity index (χ0n) is 27.7. The van der Waals surface area contributed by atoms with Crippen molar-refractivity contribution < 1.29 is 19.1 Å². The van der Waals surface area contributed by atoms with Crippen LogP contribution in [0.1, 0.15) is 152 Å². The second-order valence-electron chi connectivity index (χ2n) is 11.7. The summed E-state index contributed by atoms with van der Waals surface area (Å²) in [5.41, 5.74) is 1.85. The van der Waals surface area contributed by atoms with Crippen LogP contribution in [0.15, 0.2) is 48.6 Å². The third-order valence-corrected chi connectivity index (χ3v) is 7.65. The number of rotatable bonds is 29. The number of nitrogens with one attached hydrogen (secondary N) is 1. The summed E-state index contributed by atoms with van der Waals surface area (Å²) in [6.07, 6.45) is 31.0. The molecule has 0 bridgehead atoms. The van der Waals surface area contributed by atoms with E-state index in [0.29, 0.717) is 25.2 Å². The Bertz CT molecular complexity index is 863. The molecule has 0 spiro atoms. The molecule has 1 rings (SSSR count). The molecule has 0 unspecified atom stereocenters. The molecule has 0 fully saturated rings. The van der Waals surface area contributed by atoms with Gasteiger partial charge in [0.1, 0.15) is 13.2 Å². The Morgan fingerprint density at radius 3 is 1.91 bits per heavy atom. The molecular weight excluding hydrogens is 534 g/mol. The molecule has 1 aromatic carbocycles. The number of aryl methyl sites for hydroxylation is 1. The van der Waals surface area contributed by atoms with Crippen LogP contribution in [0.25, 0.3) is 0 Å². The molecule has 244 valence electrons. The summed E-state index contributed by atoms with van der Waals surface area (Å²) in [4.78, 5) is 24.2. The van der Waals surface area contributed by atoms with Crippen LogP contribution in [-0.2, 0) is 20.7 Å². The summed E-state index contributed by atoms with van der Waals surface area (Å²) in [7, 11) is 0. The van der Waals surface area contributed by atoms with Crippen molar-refractivity contribution in [3.05, 3.63) is 59.7 Å². The first kappa shape index (κ1) is 38.6. The number of ether oxygens (including phenoxy) is 2. The Morgan fingerprint density at radius 2 is 1.23 bits per heavy atom. The molecule has 0 saturated heterocycles. The highest BCUT2D eigenvalue weighted by atomic mass is 16.5. The number of carbonyl (C=O) groups excluding carboxylic acids is 2. The van der Waals surface area contributed by atoms with Gasteiger partial charge in [0, 0.05) is 6.42 Å². The molecular formula is C38H63NO4. The Balaban J connectivity index is 1.94. The van der Waals surface area contributed by atoms with Crippen LogP contribution in [0.3, 0.4) is 0 Å². The maximum Gasteiger partial charge on any atom is 0.338 e. The number of unbranched alkanes of at least 4 members (excludes halogenated alkanes) is 14. The van der Waals surface area contributed by atoms with Crippen molar-refractivity contribution >= 4 is 11.9 Å². The Labute approximate surface area is 264 Å². The normalized spacial score (nSPS) is 11.5. The topological polar surface area (TPSA) is 64.6 Å². The van der Waals surface area contributed by atoms with Crippen molar-refractivity contribution in [1.82, 2.24) is 5.32 Å². The zero-order valence-corrected chi connectivity index (χ0v) is 27.7. The summed E-state index contributed by atoms with van der Waals surface area (Å²) < 4.78 is 10.7. The third kappa shape index (κ3) is 24.7. The summed E-state index contributed by atoms with van der Waals surface area (Å²) in [6, 6.07) is 7.88. The monoisotopic (exact) mass is 597 g/mol. The number of hydrogen-bond acceptors (Lipinski definition) is 5. The molecule has 0 aromatic heterocycles. The Morgan fingerprint density at radius 1 is 0.651 bits per heavy atom. The van der Waals surface area contributed by atoms with Crippen LogP contribution < -0.4 is 5.32 Å². The highest BCUT2D eigenvalue weighted by Gasteiger charge is 2.07. The van der Waals surface area contributed by atoms with E-state index < -0.39 is 0 Å². The summed E-state index contributed by atoms with van der Waals surface area (Å²) in [6.45, 7) is 7.31. The molecule has 0 amide bonds. The lowest BCUT2D eigenvalue weighted by Crippen LogP contribution is -2.16. The van der Waals surface area contributed by atoms with E-state index in [0.717, 1.165) is 51.6 Å². The van der Waals surface area contributed by atoms with Gasteiger partial charge in [0.25, 0.3) is 0 Å². The first-order chi connectivity index (χ1) is 21.2. The van der Waals surface area contributed by atoms with Gasteiger partial charge in [-0.1, -0.05) is 114 Å². The van der Waals surface area contributed by atoms with Crippen LogP contribution in [0.5, 0.6) is 0 Å². The van der Waals surface area contributed by atoms with Crippen molar-refractivity contribution in [2.24, 2.45) is 0 Å². The van der Waals surface area contributed by atoms with Gasteiger partial charge in [0.2, 0.25) is 0 Å². The summed E-state index contributed by atoms with van der Waals surface area (Å²) >= 11 is 0. The van der Waals surface area contributed by atoms with E-state index in [2.05, 4.69) is 37.4 Å². The molecule has 43 heavy (non-hydrogen) atoms. The van der Waals surface area contributed by atoms with Gasteiger partial charge in [0.15, 0.2) is 0 Å². The average molecular weight is 598 g/mol. The second kappa shape index (κ2) is 29.7. The highest BCUT2D eigenvalue weighted by Crippen LogP contribution is 2.12. The molecule has 0 aliphatic heterocycles. The fourth-order valence-corrected chi connectivity index (χ4v) is 4.95. The molecule has 1 aromatic rings. The maximum atomic E-state index is 12.4. The molecule has 5 heteroatoms. The minimum absolute atomic E-state index is 0.0701. The minimum atomic E-state index is -0.240. The van der Waals surface area contributed by atoms with Gasteiger partial charge >= 0.3 is 11.9 Å². The smallest absolute Gasteiger partial charge is 0.338 e. The van der Waals surface area contributed by atoms with Crippen molar-refractivity contribution in [1.29, 1.82) is 0 Å². The van der Waals surface area contributed by atoms with E-state index in [1.54, 1.807) is 0 Å². The average Bonchev–Trinajstić information content (AvgIpc) is 3.02. The Kier molecular flexibility index (Phi) is 26.6. The lowest BCUT2D eigenvalue weighted by atomic mass is 10.0. The summed E-state index contributed by atoms with van der Waals surface area (Å²) in [5, 5.41) is 3.56. The van der Waals surface area contributed by atoms with E-state index >= 15 is 0 Å². The zero-order chi connectivity index (χ0) is 31.1. The first-order valence-electron chi connectivity index (χ1n) is 17.6. The standard InChI is InChI=1S/C38H63NO4/c1-3-5-7-9-11-16-23-32-42-37(40)29-20-14-13-15-21-30-39-31-22-18-19-26-35-27-25-28-36(34-35)38(41)43-33-24-17-12-10-8-6-4-2/h16-17,23-25,27-28,34,39H,3-15,18-22,26,29-33H2,1-2H3/b23-16-,24-17-. The fourth-order valence-electron chi connectivity index (χ4n) is 4.95. The van der Waals surface area contributed by atoms with E-state index in [-0.39, 0.29) is 11.9 Å². The highest BCUT2D eigenvalue weighted by molar-refractivity contribution is 5.89. The van der Waals surface area contributed by atoms with Gasteiger partial charge in [-0.15, -0.1) is 0 Å². The summed E-state index contributed by atoms with van der Waals surface area (Å²) in [5.74, 6) is -0.310. The van der Waals surface area contributed by atoms with Gasteiger partial charge in [-0.05, 0) is 88.6 Å². The van der Waals surface area contributed by atoms with Crippen LogP contribution in [-0.4, -0.2) is 38.2 Å². The van der Waals surface area contributed by atoms with Crippen LogP contribution in [0.2, 0.25) is 0 Å². The molecule has 0 atom stereocenters. The fraction of sp³-hybridized carbons (Fsp3) is 0.684. The second-order valence-corrected chi connectivity index (χ2v) is 11.7. The number of allylic oxidation sites excluding steroid dienone is 2. The lowest BCUT2D eigenvalue weighted by molar-refractivity contribution is -0.142. The van der Waals surface area contributed by atoms with Crippen LogP contribution in [0.4, 0.5) is 0 Å².